The fraction of sp³-hybridized carbons (Fsp3) is 0.650. The van der Waals surface area contributed by atoms with E-state index in [-0.39, 0.29) is 0 Å². The van der Waals surface area contributed by atoms with Crippen molar-refractivity contribution in [2.24, 2.45) is 5.92 Å². The molecule has 0 aromatic heterocycles. The predicted octanol–water partition coefficient (Wildman–Crippen LogP) is 6.77. The lowest BCUT2D eigenvalue weighted by Gasteiger charge is -2.23. The second-order valence-electron chi connectivity index (χ2n) is 6.35. The van der Waals surface area contributed by atoms with E-state index in [0.29, 0.717) is 0 Å². The van der Waals surface area contributed by atoms with Gasteiger partial charge in [-0.25, -0.2) is 0 Å². The molecule has 1 aromatic rings. The first-order chi connectivity index (χ1) is 9.69. The van der Waals surface area contributed by atoms with Gasteiger partial charge >= 0.3 is 0 Å². The summed E-state index contributed by atoms with van der Waals surface area (Å²) in [6, 6.07) is 11.1. The van der Waals surface area contributed by atoms with Crippen LogP contribution < -0.4 is 0 Å². The Morgan fingerprint density at radius 3 is 2.15 bits per heavy atom. The van der Waals surface area contributed by atoms with E-state index < -0.39 is 0 Å². The van der Waals surface area contributed by atoms with Crippen molar-refractivity contribution in [3.63, 3.8) is 0 Å². The third-order valence-electron chi connectivity index (χ3n) is 4.38. The van der Waals surface area contributed by atoms with Gasteiger partial charge < -0.3 is 0 Å². The minimum atomic E-state index is 0.748. The van der Waals surface area contributed by atoms with E-state index in [2.05, 4.69) is 58.0 Å². The molecule has 20 heavy (non-hydrogen) atoms. The highest BCUT2D eigenvalue weighted by molar-refractivity contribution is 5.19. The molecule has 0 aliphatic heterocycles. The van der Waals surface area contributed by atoms with Crippen molar-refractivity contribution in [2.75, 3.05) is 0 Å². The van der Waals surface area contributed by atoms with Crippen LogP contribution in [0.2, 0.25) is 0 Å². The van der Waals surface area contributed by atoms with E-state index >= 15 is 0 Å². The van der Waals surface area contributed by atoms with Crippen molar-refractivity contribution >= 4 is 0 Å². The molecule has 0 nitrogen and oxygen atoms in total. The molecule has 0 heteroatoms. The average molecular weight is 273 g/mol. The summed E-state index contributed by atoms with van der Waals surface area (Å²) in [5.41, 5.74) is 1.54. The molecule has 1 radical (unpaired) electrons. The molecule has 0 bridgehead atoms. The Kier molecular flexibility index (Phi) is 8.65. The molecule has 0 saturated carbocycles. The third-order valence-corrected chi connectivity index (χ3v) is 4.38. The van der Waals surface area contributed by atoms with E-state index in [1.165, 1.54) is 44.9 Å². The van der Waals surface area contributed by atoms with Crippen LogP contribution in [0.1, 0.15) is 84.1 Å². The molecular weight excluding hydrogens is 240 g/mol. The zero-order chi connectivity index (χ0) is 14.8. The highest BCUT2D eigenvalue weighted by Crippen LogP contribution is 2.32. The smallest absolute Gasteiger partial charge is 0.0162 e. The zero-order valence-electron chi connectivity index (χ0n) is 14.0. The molecule has 0 aliphatic carbocycles. The molecule has 0 aliphatic rings. The number of benzene rings is 1. The van der Waals surface area contributed by atoms with Crippen molar-refractivity contribution in [2.45, 2.75) is 78.6 Å². The summed E-state index contributed by atoms with van der Waals surface area (Å²) in [5.74, 6) is 3.27. The SMILES string of the molecule is CCCCC(CC[C](CCC)C(C)C)c1ccccc1. The van der Waals surface area contributed by atoms with Crippen LogP contribution in [0.25, 0.3) is 0 Å². The summed E-state index contributed by atoms with van der Waals surface area (Å²) in [5, 5.41) is 0. The lowest BCUT2D eigenvalue weighted by molar-refractivity contribution is 0.477. The van der Waals surface area contributed by atoms with Gasteiger partial charge in [-0.05, 0) is 49.0 Å². The van der Waals surface area contributed by atoms with Crippen molar-refractivity contribution in [3.8, 4) is 0 Å². The molecule has 113 valence electrons. The van der Waals surface area contributed by atoms with E-state index in [1.54, 1.807) is 11.5 Å². The molecule has 0 heterocycles. The summed E-state index contributed by atoms with van der Waals surface area (Å²) < 4.78 is 0. The van der Waals surface area contributed by atoms with E-state index in [9.17, 15) is 0 Å². The summed E-state index contributed by atoms with van der Waals surface area (Å²) in [6.07, 6.45) is 9.25. The summed E-state index contributed by atoms with van der Waals surface area (Å²) in [6.45, 7) is 9.31. The molecule has 1 atom stereocenters. The Morgan fingerprint density at radius 1 is 0.900 bits per heavy atom. The lowest BCUT2D eigenvalue weighted by atomic mass is 9.82. The minimum Gasteiger partial charge on any atom is -0.0654 e. The van der Waals surface area contributed by atoms with Crippen LogP contribution in [0.5, 0.6) is 0 Å². The molecule has 0 fully saturated rings. The summed E-state index contributed by atoms with van der Waals surface area (Å²) >= 11 is 0. The Bertz CT molecular complexity index is 325. The molecule has 0 saturated heterocycles. The fourth-order valence-electron chi connectivity index (χ4n) is 3.04. The van der Waals surface area contributed by atoms with E-state index in [4.69, 9.17) is 0 Å². The van der Waals surface area contributed by atoms with Gasteiger partial charge in [0.1, 0.15) is 0 Å². The Hall–Kier alpha value is -0.780. The largest absolute Gasteiger partial charge is 0.0654 e. The van der Waals surface area contributed by atoms with Gasteiger partial charge in [0, 0.05) is 0 Å². The molecule has 1 unspecified atom stereocenters. The predicted molar refractivity (Wildman–Crippen MR) is 90.9 cm³/mol. The van der Waals surface area contributed by atoms with Gasteiger partial charge in [0.15, 0.2) is 0 Å². The number of hydrogen-bond acceptors (Lipinski definition) is 0. The Labute approximate surface area is 127 Å². The molecule has 0 N–H and O–H groups in total. The average Bonchev–Trinajstić information content (AvgIpc) is 2.46. The highest BCUT2D eigenvalue weighted by atomic mass is 14.2. The van der Waals surface area contributed by atoms with Crippen LogP contribution in [0, 0.1) is 11.8 Å². The van der Waals surface area contributed by atoms with Crippen LogP contribution in [0.4, 0.5) is 0 Å². The van der Waals surface area contributed by atoms with Crippen molar-refractivity contribution in [1.29, 1.82) is 0 Å². The van der Waals surface area contributed by atoms with E-state index in [0.717, 1.165) is 11.8 Å². The summed E-state index contributed by atoms with van der Waals surface area (Å²) in [4.78, 5) is 0. The van der Waals surface area contributed by atoms with Crippen molar-refractivity contribution in [1.82, 2.24) is 0 Å². The first-order valence-corrected chi connectivity index (χ1v) is 8.58. The quantitative estimate of drug-likeness (QED) is 0.441. The van der Waals surface area contributed by atoms with Gasteiger partial charge in [0.25, 0.3) is 0 Å². The molecule has 1 aromatic carbocycles. The van der Waals surface area contributed by atoms with Gasteiger partial charge in [-0.1, -0.05) is 77.3 Å². The monoisotopic (exact) mass is 273 g/mol. The molecule has 1 rings (SSSR count). The normalized spacial score (nSPS) is 13.1. The highest BCUT2D eigenvalue weighted by Gasteiger charge is 2.17. The molecule has 0 spiro atoms. The second-order valence-corrected chi connectivity index (χ2v) is 6.35. The number of unbranched alkanes of at least 4 members (excludes halogenated alkanes) is 1. The first kappa shape index (κ1) is 17.3. The Balaban J connectivity index is 2.60. The van der Waals surface area contributed by atoms with Gasteiger partial charge in [-0.2, -0.15) is 0 Å². The maximum Gasteiger partial charge on any atom is -0.0162 e. The van der Waals surface area contributed by atoms with Crippen LogP contribution in [0.15, 0.2) is 30.3 Å². The zero-order valence-corrected chi connectivity index (χ0v) is 14.0. The van der Waals surface area contributed by atoms with Crippen LogP contribution in [0.3, 0.4) is 0 Å². The fourth-order valence-corrected chi connectivity index (χ4v) is 3.04. The maximum absolute atomic E-state index is 2.36. The molecule has 0 amide bonds. The van der Waals surface area contributed by atoms with E-state index in [1.807, 2.05) is 0 Å². The van der Waals surface area contributed by atoms with Gasteiger partial charge in [0.05, 0.1) is 0 Å². The van der Waals surface area contributed by atoms with Crippen LogP contribution in [-0.4, -0.2) is 0 Å². The first-order valence-electron chi connectivity index (χ1n) is 8.58. The van der Waals surface area contributed by atoms with Crippen molar-refractivity contribution in [3.05, 3.63) is 41.8 Å². The number of hydrogen-bond donors (Lipinski definition) is 0. The minimum absolute atomic E-state index is 0.748. The van der Waals surface area contributed by atoms with Gasteiger partial charge in [0.2, 0.25) is 0 Å². The summed E-state index contributed by atoms with van der Waals surface area (Å²) in [7, 11) is 0. The third kappa shape index (κ3) is 6.11. The van der Waals surface area contributed by atoms with Gasteiger partial charge in [-0.3, -0.25) is 0 Å². The standard InChI is InChI=1S/C20H33/c1-5-7-12-20(19-13-9-8-10-14-19)16-15-18(11-6-2)17(3)4/h8-10,13-14,17,20H,5-7,11-12,15-16H2,1-4H3. The van der Waals surface area contributed by atoms with Crippen LogP contribution in [-0.2, 0) is 0 Å². The Morgan fingerprint density at radius 2 is 1.60 bits per heavy atom. The molecular formula is C20H33. The topological polar surface area (TPSA) is 0 Å². The van der Waals surface area contributed by atoms with Crippen molar-refractivity contribution < 1.29 is 0 Å². The lowest BCUT2D eigenvalue weighted by Crippen LogP contribution is -2.09. The number of rotatable bonds is 10. The van der Waals surface area contributed by atoms with Gasteiger partial charge in [-0.15, -0.1) is 0 Å². The second kappa shape index (κ2) is 10.0. The maximum atomic E-state index is 2.36. The van der Waals surface area contributed by atoms with Crippen LogP contribution >= 0.6 is 0 Å².